The molecule has 2 heterocycles. The van der Waals surface area contributed by atoms with Crippen LogP contribution in [0.5, 0.6) is 5.75 Å². The van der Waals surface area contributed by atoms with Crippen LogP contribution in [0.3, 0.4) is 0 Å². The lowest BCUT2D eigenvalue weighted by molar-refractivity contribution is -0.137. The third-order valence-corrected chi connectivity index (χ3v) is 7.76. The zero-order valence-electron chi connectivity index (χ0n) is 19.5. The number of carbonyl (C=O) groups is 2. The summed E-state index contributed by atoms with van der Waals surface area (Å²) in [5.74, 6) is 0.0403. The molecule has 37 heavy (non-hydrogen) atoms. The Morgan fingerprint density at radius 2 is 1.86 bits per heavy atom. The molecule has 0 aliphatic carbocycles. The van der Waals surface area contributed by atoms with Crippen LogP contribution in [0, 0.1) is 5.82 Å². The van der Waals surface area contributed by atoms with Crippen molar-refractivity contribution in [2.45, 2.75) is 17.6 Å². The lowest BCUT2D eigenvalue weighted by Gasteiger charge is -2.33. The molecule has 2 aliphatic rings. The molecule has 2 aliphatic heterocycles. The molecular weight excluding hydrogens is 510 g/mol. The van der Waals surface area contributed by atoms with E-state index in [2.05, 4.69) is 5.32 Å². The van der Waals surface area contributed by atoms with Crippen LogP contribution < -0.4 is 15.0 Å². The van der Waals surface area contributed by atoms with Crippen LogP contribution in [0.25, 0.3) is 0 Å². The van der Waals surface area contributed by atoms with E-state index in [4.69, 9.17) is 4.74 Å². The number of amides is 3. The summed E-state index contributed by atoms with van der Waals surface area (Å²) in [5.41, 5.74) is 1.04. The number of halogens is 4. The van der Waals surface area contributed by atoms with E-state index >= 15 is 0 Å². The molecule has 0 radical (unpaired) electrons. The van der Waals surface area contributed by atoms with E-state index in [9.17, 15) is 27.2 Å². The van der Waals surface area contributed by atoms with Gasteiger partial charge in [-0.1, -0.05) is 18.2 Å². The Bertz CT molecular complexity index is 1370. The number of ether oxygens (including phenoxy) is 1. The molecule has 3 aromatic carbocycles. The number of carbonyl (C=O) groups excluding carboxylic acids is 2. The normalized spacial score (nSPS) is 18.9. The van der Waals surface area contributed by atoms with Crippen LogP contribution in [0.1, 0.15) is 16.7 Å². The Labute approximate surface area is 214 Å². The van der Waals surface area contributed by atoms with Crippen molar-refractivity contribution in [1.82, 2.24) is 4.90 Å². The van der Waals surface area contributed by atoms with Gasteiger partial charge in [0.15, 0.2) is 4.87 Å². The highest BCUT2D eigenvalue weighted by atomic mass is 32.2. The second kappa shape index (κ2) is 9.29. The van der Waals surface area contributed by atoms with E-state index < -0.39 is 34.4 Å². The van der Waals surface area contributed by atoms with Gasteiger partial charge in [-0.05, 0) is 54.1 Å². The highest BCUT2D eigenvalue weighted by Gasteiger charge is 2.59. The summed E-state index contributed by atoms with van der Waals surface area (Å²) in [6.07, 6.45) is -4.47. The van der Waals surface area contributed by atoms with Crippen LogP contribution in [0.15, 0.2) is 66.7 Å². The lowest BCUT2D eigenvalue weighted by atomic mass is 10.1. The Balaban J connectivity index is 1.51. The van der Waals surface area contributed by atoms with Crippen molar-refractivity contribution in [3.05, 3.63) is 89.2 Å². The van der Waals surface area contributed by atoms with E-state index in [0.717, 1.165) is 12.1 Å². The number of nitrogens with one attached hydrogen (secondary N) is 1. The molecule has 192 valence electrons. The Kier molecular flexibility index (Phi) is 6.26. The van der Waals surface area contributed by atoms with E-state index in [1.165, 1.54) is 59.0 Å². The number of thioether (sulfide) groups is 1. The first-order valence-electron chi connectivity index (χ1n) is 11.3. The van der Waals surface area contributed by atoms with Crippen molar-refractivity contribution in [1.29, 1.82) is 0 Å². The molecule has 1 spiro atoms. The Morgan fingerprint density at radius 3 is 2.54 bits per heavy atom. The number of hydrogen-bond acceptors (Lipinski definition) is 4. The first kappa shape index (κ1) is 24.9. The summed E-state index contributed by atoms with van der Waals surface area (Å²) >= 11 is 1.29. The number of hydrogen-bond donors (Lipinski definition) is 1. The van der Waals surface area contributed by atoms with Gasteiger partial charge in [-0.15, -0.1) is 11.8 Å². The topological polar surface area (TPSA) is 61.9 Å². The van der Waals surface area contributed by atoms with Gasteiger partial charge in [0.05, 0.1) is 24.9 Å². The average molecular weight is 532 g/mol. The number of nitrogens with zero attached hydrogens (tertiary/aromatic N) is 2. The molecule has 0 aromatic heterocycles. The van der Waals surface area contributed by atoms with E-state index in [1.54, 1.807) is 24.3 Å². The molecule has 1 fully saturated rings. The second-order valence-corrected chi connectivity index (χ2v) is 9.84. The monoisotopic (exact) mass is 531 g/mol. The summed E-state index contributed by atoms with van der Waals surface area (Å²) in [5, 5.41) is 2.67. The largest absolute Gasteiger partial charge is 0.497 e. The Morgan fingerprint density at radius 1 is 1.11 bits per heavy atom. The van der Waals surface area contributed by atoms with Crippen LogP contribution >= 0.6 is 11.8 Å². The van der Waals surface area contributed by atoms with Gasteiger partial charge in [-0.3, -0.25) is 9.69 Å². The van der Waals surface area contributed by atoms with Crippen molar-refractivity contribution in [2.75, 3.05) is 29.6 Å². The molecule has 5 rings (SSSR count). The first-order chi connectivity index (χ1) is 17.6. The number of fused-ring (bicyclic) bond motifs is 2. The maximum Gasteiger partial charge on any atom is 0.416 e. The fourth-order valence-electron chi connectivity index (χ4n) is 4.62. The number of methoxy groups -OCH3 is 1. The standard InChI is InChI=1S/C26H21F4N3O3S/c1-36-20-9-10-22-21(14-20)25(23(34)32(22)15-16-5-7-17(8-6-16)26(28,29)30)33(11-12-37-25)24(35)31-19-4-2-3-18(27)13-19/h2-10,13-14H,11-12,15H2,1H3,(H,31,35)/t25-/m0/s1. The van der Waals surface area contributed by atoms with Gasteiger partial charge in [-0.25, -0.2) is 9.18 Å². The molecule has 1 N–H and O–H groups in total. The smallest absolute Gasteiger partial charge is 0.416 e. The van der Waals surface area contributed by atoms with Crippen LogP contribution in [-0.4, -0.2) is 36.2 Å². The van der Waals surface area contributed by atoms with Crippen LogP contribution in [-0.2, 0) is 22.4 Å². The number of benzene rings is 3. The van der Waals surface area contributed by atoms with Gasteiger partial charge in [0.2, 0.25) is 0 Å². The zero-order chi connectivity index (χ0) is 26.4. The highest BCUT2D eigenvalue weighted by Crippen LogP contribution is 2.55. The molecule has 11 heteroatoms. The summed E-state index contributed by atoms with van der Waals surface area (Å²) in [6.45, 7) is 0.264. The van der Waals surface area contributed by atoms with E-state index in [-0.39, 0.29) is 18.8 Å². The van der Waals surface area contributed by atoms with Gasteiger partial charge in [0, 0.05) is 23.5 Å². The molecule has 0 saturated carbocycles. The number of anilines is 2. The van der Waals surface area contributed by atoms with Gasteiger partial charge in [-0.2, -0.15) is 13.2 Å². The van der Waals surface area contributed by atoms with Crippen molar-refractivity contribution in [3.63, 3.8) is 0 Å². The molecule has 3 aromatic rings. The molecular formula is C26H21F4N3O3S. The predicted molar refractivity (Wildman–Crippen MR) is 132 cm³/mol. The zero-order valence-corrected chi connectivity index (χ0v) is 20.3. The number of urea groups is 1. The minimum absolute atomic E-state index is 0.0119. The predicted octanol–water partition coefficient (Wildman–Crippen LogP) is 5.83. The van der Waals surface area contributed by atoms with Crippen LogP contribution in [0.4, 0.5) is 33.7 Å². The van der Waals surface area contributed by atoms with Crippen LogP contribution in [0.2, 0.25) is 0 Å². The van der Waals surface area contributed by atoms with Crippen molar-refractivity contribution in [3.8, 4) is 5.75 Å². The van der Waals surface area contributed by atoms with Gasteiger partial charge >= 0.3 is 12.2 Å². The second-order valence-electron chi connectivity index (χ2n) is 8.55. The summed E-state index contributed by atoms with van der Waals surface area (Å²) in [7, 11) is 1.49. The highest BCUT2D eigenvalue weighted by molar-refractivity contribution is 8.01. The van der Waals surface area contributed by atoms with Crippen molar-refractivity contribution in [2.24, 2.45) is 0 Å². The third kappa shape index (κ3) is 4.37. The molecule has 3 amide bonds. The molecule has 0 bridgehead atoms. The van der Waals surface area contributed by atoms with E-state index in [0.29, 0.717) is 28.3 Å². The lowest BCUT2D eigenvalue weighted by Crippen LogP contribution is -2.51. The minimum atomic E-state index is -4.47. The van der Waals surface area contributed by atoms with Gasteiger partial charge in [0.1, 0.15) is 11.6 Å². The molecule has 1 atom stereocenters. The summed E-state index contributed by atoms with van der Waals surface area (Å²) < 4.78 is 58.1. The molecule has 1 saturated heterocycles. The fourth-order valence-corrected chi connectivity index (χ4v) is 6.07. The molecule has 6 nitrogen and oxygen atoms in total. The van der Waals surface area contributed by atoms with E-state index in [1.807, 2.05) is 0 Å². The number of rotatable bonds is 4. The van der Waals surface area contributed by atoms with Gasteiger partial charge < -0.3 is 15.0 Å². The van der Waals surface area contributed by atoms with Gasteiger partial charge in [0.25, 0.3) is 5.91 Å². The van der Waals surface area contributed by atoms with Crippen molar-refractivity contribution < 1.29 is 31.9 Å². The SMILES string of the molecule is COc1ccc2c(c1)[C@]1(SCCN1C(=O)Nc1cccc(F)c1)C(=O)N2Cc1ccc(C(F)(F)F)cc1. The maximum absolute atomic E-state index is 14.0. The first-order valence-corrected chi connectivity index (χ1v) is 12.3. The number of alkyl halides is 3. The quantitative estimate of drug-likeness (QED) is 0.430. The summed E-state index contributed by atoms with van der Waals surface area (Å²) in [6, 6.07) is 14.6. The third-order valence-electron chi connectivity index (χ3n) is 6.34. The van der Waals surface area contributed by atoms with Crippen molar-refractivity contribution >= 4 is 35.1 Å². The fraction of sp³-hybridized carbons (Fsp3) is 0.231. The minimum Gasteiger partial charge on any atom is -0.497 e. The Hall–Kier alpha value is -3.73. The molecule has 0 unspecified atom stereocenters. The average Bonchev–Trinajstić information content (AvgIpc) is 3.41. The maximum atomic E-state index is 14.0. The summed E-state index contributed by atoms with van der Waals surface area (Å²) in [4.78, 5) is 28.9.